The van der Waals surface area contributed by atoms with E-state index in [4.69, 9.17) is 9.47 Å². The third-order valence-corrected chi connectivity index (χ3v) is 4.37. The van der Waals surface area contributed by atoms with Crippen molar-refractivity contribution < 1.29 is 9.47 Å². The molecule has 1 aromatic carbocycles. The normalized spacial score (nSPS) is 16.6. The van der Waals surface area contributed by atoms with Gasteiger partial charge in [0.25, 0.3) is 0 Å². The van der Waals surface area contributed by atoms with E-state index in [1.165, 1.54) is 5.56 Å². The Morgan fingerprint density at radius 2 is 2.16 bits per heavy atom. The Morgan fingerprint density at radius 1 is 1.36 bits per heavy atom. The summed E-state index contributed by atoms with van der Waals surface area (Å²) in [5.41, 5.74) is 2.31. The van der Waals surface area contributed by atoms with Gasteiger partial charge in [-0.25, -0.2) is 0 Å². The first kappa shape index (κ1) is 19.4. The smallest absolute Gasteiger partial charge is 0.191 e. The van der Waals surface area contributed by atoms with Crippen LogP contribution in [0.25, 0.3) is 0 Å². The van der Waals surface area contributed by atoms with Gasteiger partial charge in [0.05, 0.1) is 6.61 Å². The van der Waals surface area contributed by atoms with Crippen molar-refractivity contribution >= 4 is 5.96 Å². The van der Waals surface area contributed by atoms with Gasteiger partial charge in [-0.15, -0.1) is 0 Å². The van der Waals surface area contributed by atoms with Gasteiger partial charge >= 0.3 is 0 Å². The highest BCUT2D eigenvalue weighted by atomic mass is 16.5. The molecular formula is C19H32N4O2. The lowest BCUT2D eigenvalue weighted by Crippen LogP contribution is -2.40. The van der Waals surface area contributed by atoms with Gasteiger partial charge in [-0.1, -0.05) is 6.92 Å². The molecule has 1 atom stereocenters. The molecule has 0 amide bonds. The number of benzene rings is 1. The SMILES string of the molecule is CCOc1cc2c(cc1CNC(=NC)NCCN(C)CC)OC(C)C2. The molecule has 0 aliphatic carbocycles. The molecule has 2 N–H and O–H groups in total. The van der Waals surface area contributed by atoms with Crippen molar-refractivity contribution in [2.45, 2.75) is 39.8 Å². The third-order valence-electron chi connectivity index (χ3n) is 4.37. The maximum absolute atomic E-state index is 5.88. The van der Waals surface area contributed by atoms with Crippen molar-refractivity contribution in [2.24, 2.45) is 4.99 Å². The van der Waals surface area contributed by atoms with Gasteiger partial charge in [0, 0.05) is 44.2 Å². The minimum absolute atomic E-state index is 0.234. The molecule has 2 rings (SSSR count). The minimum Gasteiger partial charge on any atom is -0.494 e. The highest BCUT2D eigenvalue weighted by Crippen LogP contribution is 2.35. The van der Waals surface area contributed by atoms with Crippen LogP contribution in [-0.2, 0) is 13.0 Å². The zero-order valence-electron chi connectivity index (χ0n) is 16.2. The van der Waals surface area contributed by atoms with Crippen LogP contribution in [0.2, 0.25) is 0 Å². The fourth-order valence-electron chi connectivity index (χ4n) is 2.83. The van der Waals surface area contributed by atoms with Crippen LogP contribution >= 0.6 is 0 Å². The topological polar surface area (TPSA) is 58.1 Å². The summed E-state index contributed by atoms with van der Waals surface area (Å²) in [6, 6.07) is 4.21. The first-order valence-corrected chi connectivity index (χ1v) is 9.15. The van der Waals surface area contributed by atoms with Crippen LogP contribution in [0.3, 0.4) is 0 Å². The number of nitrogens with zero attached hydrogens (tertiary/aromatic N) is 2. The standard InChI is InChI=1S/C19H32N4O2/c1-6-23(5)9-8-21-19(20-4)22-13-16-12-18-15(10-14(3)25-18)11-17(16)24-7-2/h11-12,14H,6-10,13H2,1-5H3,(H2,20,21,22). The molecule has 0 bridgehead atoms. The molecule has 6 heteroatoms. The van der Waals surface area contributed by atoms with Crippen molar-refractivity contribution in [2.75, 3.05) is 40.3 Å². The molecular weight excluding hydrogens is 316 g/mol. The van der Waals surface area contributed by atoms with Gasteiger partial charge < -0.3 is 25.0 Å². The van der Waals surface area contributed by atoms with Crippen molar-refractivity contribution in [3.8, 4) is 11.5 Å². The molecule has 1 aliphatic rings. The molecule has 0 aromatic heterocycles. The fraction of sp³-hybridized carbons (Fsp3) is 0.632. The van der Waals surface area contributed by atoms with Gasteiger partial charge in [-0.05, 0) is 39.6 Å². The maximum atomic E-state index is 5.88. The highest BCUT2D eigenvalue weighted by Gasteiger charge is 2.21. The Kier molecular flexibility index (Phi) is 7.37. The molecule has 0 radical (unpaired) electrons. The molecule has 1 aliphatic heterocycles. The summed E-state index contributed by atoms with van der Waals surface area (Å²) in [5.74, 6) is 2.69. The summed E-state index contributed by atoms with van der Waals surface area (Å²) in [6.45, 7) is 10.4. The summed E-state index contributed by atoms with van der Waals surface area (Å²) in [6.07, 6.45) is 1.18. The van der Waals surface area contributed by atoms with E-state index in [1.54, 1.807) is 7.05 Å². The molecule has 6 nitrogen and oxygen atoms in total. The monoisotopic (exact) mass is 348 g/mol. The Hall–Kier alpha value is -1.95. The predicted octanol–water partition coefficient (Wildman–Crippen LogP) is 2.03. The summed E-state index contributed by atoms with van der Waals surface area (Å²) < 4.78 is 11.7. The van der Waals surface area contributed by atoms with E-state index in [-0.39, 0.29) is 6.10 Å². The molecule has 0 fully saturated rings. The predicted molar refractivity (Wildman–Crippen MR) is 103 cm³/mol. The van der Waals surface area contributed by atoms with Gasteiger partial charge in [0.1, 0.15) is 17.6 Å². The van der Waals surface area contributed by atoms with E-state index in [1.807, 2.05) is 6.92 Å². The molecule has 1 heterocycles. The number of likely N-dealkylation sites (N-methyl/N-ethyl adjacent to an activating group) is 1. The summed E-state index contributed by atoms with van der Waals surface area (Å²) in [5, 5.41) is 6.70. The number of hydrogen-bond acceptors (Lipinski definition) is 4. The van der Waals surface area contributed by atoms with Gasteiger partial charge in [0.2, 0.25) is 0 Å². The van der Waals surface area contributed by atoms with Crippen molar-refractivity contribution in [3.05, 3.63) is 23.3 Å². The quantitative estimate of drug-likeness (QED) is 0.556. The van der Waals surface area contributed by atoms with Crippen LogP contribution in [-0.4, -0.2) is 57.3 Å². The Balaban J connectivity index is 1.97. The third kappa shape index (κ3) is 5.53. The minimum atomic E-state index is 0.234. The number of fused-ring (bicyclic) bond motifs is 1. The number of nitrogens with one attached hydrogen (secondary N) is 2. The Morgan fingerprint density at radius 3 is 2.84 bits per heavy atom. The zero-order chi connectivity index (χ0) is 18.2. The molecule has 1 unspecified atom stereocenters. The lowest BCUT2D eigenvalue weighted by molar-refractivity contribution is 0.254. The second kappa shape index (κ2) is 9.51. The highest BCUT2D eigenvalue weighted by molar-refractivity contribution is 5.79. The summed E-state index contributed by atoms with van der Waals surface area (Å²) in [7, 11) is 3.90. The number of guanidine groups is 1. The van der Waals surface area contributed by atoms with Crippen molar-refractivity contribution in [3.63, 3.8) is 0 Å². The zero-order valence-corrected chi connectivity index (χ0v) is 16.2. The Labute approximate surface area is 151 Å². The largest absolute Gasteiger partial charge is 0.494 e. The van der Waals surface area contributed by atoms with Crippen LogP contribution in [0.15, 0.2) is 17.1 Å². The Bertz CT molecular complexity index is 589. The van der Waals surface area contributed by atoms with E-state index in [2.05, 4.69) is 53.6 Å². The number of hydrogen-bond donors (Lipinski definition) is 2. The molecule has 25 heavy (non-hydrogen) atoms. The lowest BCUT2D eigenvalue weighted by Gasteiger charge is -2.17. The number of aliphatic imine (C=N–C) groups is 1. The average molecular weight is 348 g/mol. The molecule has 0 spiro atoms. The van der Waals surface area contributed by atoms with Crippen LogP contribution in [0, 0.1) is 0 Å². The van der Waals surface area contributed by atoms with Crippen LogP contribution < -0.4 is 20.1 Å². The van der Waals surface area contributed by atoms with Crippen molar-refractivity contribution in [1.29, 1.82) is 0 Å². The first-order chi connectivity index (χ1) is 12.1. The summed E-state index contributed by atoms with van der Waals surface area (Å²) in [4.78, 5) is 6.55. The number of ether oxygens (including phenoxy) is 2. The molecule has 0 saturated carbocycles. The fourth-order valence-corrected chi connectivity index (χ4v) is 2.83. The first-order valence-electron chi connectivity index (χ1n) is 9.15. The van der Waals surface area contributed by atoms with E-state index in [9.17, 15) is 0 Å². The van der Waals surface area contributed by atoms with E-state index in [0.29, 0.717) is 13.2 Å². The van der Waals surface area contributed by atoms with Gasteiger partial charge in [-0.3, -0.25) is 4.99 Å². The molecule has 0 saturated heterocycles. The average Bonchev–Trinajstić information content (AvgIpc) is 2.96. The van der Waals surface area contributed by atoms with E-state index < -0.39 is 0 Å². The van der Waals surface area contributed by atoms with Crippen LogP contribution in [0.5, 0.6) is 11.5 Å². The van der Waals surface area contributed by atoms with Gasteiger partial charge in [0.15, 0.2) is 5.96 Å². The van der Waals surface area contributed by atoms with E-state index >= 15 is 0 Å². The maximum Gasteiger partial charge on any atom is 0.191 e. The van der Waals surface area contributed by atoms with Crippen LogP contribution in [0.1, 0.15) is 31.9 Å². The second-order valence-corrected chi connectivity index (χ2v) is 6.38. The molecule has 140 valence electrons. The second-order valence-electron chi connectivity index (χ2n) is 6.38. The van der Waals surface area contributed by atoms with Crippen molar-refractivity contribution in [1.82, 2.24) is 15.5 Å². The van der Waals surface area contributed by atoms with Gasteiger partial charge in [-0.2, -0.15) is 0 Å². The lowest BCUT2D eigenvalue weighted by atomic mass is 10.1. The summed E-state index contributed by atoms with van der Waals surface area (Å²) >= 11 is 0. The number of rotatable bonds is 8. The molecule has 1 aromatic rings. The van der Waals surface area contributed by atoms with E-state index in [0.717, 1.165) is 49.1 Å². The van der Waals surface area contributed by atoms with Crippen LogP contribution in [0.4, 0.5) is 0 Å².